The number of nitrogens with one attached hydrogen (secondary N) is 2. The summed E-state index contributed by atoms with van der Waals surface area (Å²) in [7, 11) is 0. The van der Waals surface area contributed by atoms with E-state index in [4.69, 9.17) is 0 Å². The zero-order valence-corrected chi connectivity index (χ0v) is 14.7. The smallest absolute Gasteiger partial charge is 0.252 e. The highest BCUT2D eigenvalue weighted by molar-refractivity contribution is 6.06. The molecule has 0 fully saturated rings. The summed E-state index contributed by atoms with van der Waals surface area (Å²) in [4.78, 5) is 16.8. The second-order valence-corrected chi connectivity index (χ2v) is 5.00. The lowest BCUT2D eigenvalue weighted by molar-refractivity contribution is 0.0951. The van der Waals surface area contributed by atoms with Gasteiger partial charge in [0.05, 0.1) is 11.1 Å². The number of fused-ring (bicyclic) bond motifs is 1. The summed E-state index contributed by atoms with van der Waals surface area (Å²) in [5.41, 5.74) is 2.41. The van der Waals surface area contributed by atoms with Crippen molar-refractivity contribution in [1.82, 2.24) is 15.6 Å². The van der Waals surface area contributed by atoms with Crippen LogP contribution in [-0.2, 0) is 0 Å². The first-order valence-corrected chi connectivity index (χ1v) is 6.99. The zero-order valence-electron chi connectivity index (χ0n) is 13.1. The fraction of sp³-hybridized carbons (Fsp3) is 0.375. The van der Waals surface area contributed by atoms with Crippen LogP contribution >= 0.6 is 24.8 Å². The van der Waals surface area contributed by atoms with Crippen LogP contribution in [0.2, 0.25) is 0 Å². The number of amides is 1. The molecule has 1 amide bonds. The molecule has 1 aromatic heterocycles. The zero-order chi connectivity index (χ0) is 14.5. The monoisotopic (exact) mass is 343 g/mol. The van der Waals surface area contributed by atoms with Gasteiger partial charge >= 0.3 is 0 Å². The molecule has 0 radical (unpaired) electrons. The molecule has 2 aromatic rings. The standard InChI is InChI=1S/C16H21N3O.2ClH/c1-4-17-12(3)10-18-16(20)14-9-11(2)19-15-8-6-5-7-13(14)15;;/h5-9,12,17H,4,10H2,1-3H3,(H,18,20);2*1H/t12-;;/m1../s1. The highest BCUT2D eigenvalue weighted by Crippen LogP contribution is 2.17. The summed E-state index contributed by atoms with van der Waals surface area (Å²) in [5.74, 6) is -0.0450. The minimum Gasteiger partial charge on any atom is -0.350 e. The lowest BCUT2D eigenvalue weighted by atomic mass is 10.1. The van der Waals surface area contributed by atoms with Crippen molar-refractivity contribution >= 4 is 41.6 Å². The summed E-state index contributed by atoms with van der Waals surface area (Å²) >= 11 is 0. The summed E-state index contributed by atoms with van der Waals surface area (Å²) < 4.78 is 0. The van der Waals surface area contributed by atoms with Gasteiger partial charge in [-0.2, -0.15) is 0 Å². The molecule has 2 rings (SSSR count). The topological polar surface area (TPSA) is 54.0 Å². The number of para-hydroxylation sites is 1. The van der Waals surface area contributed by atoms with Gasteiger partial charge in [0.25, 0.3) is 5.91 Å². The Morgan fingerprint density at radius 3 is 2.64 bits per heavy atom. The molecule has 0 aliphatic carbocycles. The van der Waals surface area contributed by atoms with E-state index in [9.17, 15) is 4.79 Å². The number of halogens is 2. The van der Waals surface area contributed by atoms with Gasteiger partial charge in [0.2, 0.25) is 0 Å². The molecule has 2 N–H and O–H groups in total. The van der Waals surface area contributed by atoms with Gasteiger partial charge in [-0.3, -0.25) is 9.78 Å². The third-order valence-electron chi connectivity index (χ3n) is 3.21. The first kappa shape index (κ1) is 20.6. The van der Waals surface area contributed by atoms with Crippen molar-refractivity contribution in [2.45, 2.75) is 26.8 Å². The number of pyridine rings is 1. The second kappa shape index (κ2) is 9.62. The Balaban J connectivity index is 0.00000220. The number of hydrogen-bond acceptors (Lipinski definition) is 3. The van der Waals surface area contributed by atoms with Gasteiger partial charge in [0.1, 0.15) is 0 Å². The maximum Gasteiger partial charge on any atom is 0.252 e. The van der Waals surface area contributed by atoms with Crippen LogP contribution in [0.25, 0.3) is 10.9 Å². The van der Waals surface area contributed by atoms with E-state index in [0.29, 0.717) is 12.1 Å². The number of hydrogen-bond donors (Lipinski definition) is 2. The van der Waals surface area contributed by atoms with Gasteiger partial charge in [-0.25, -0.2) is 0 Å². The van der Waals surface area contributed by atoms with Crippen molar-refractivity contribution in [1.29, 1.82) is 0 Å². The quantitative estimate of drug-likeness (QED) is 0.876. The summed E-state index contributed by atoms with van der Waals surface area (Å²) in [6.07, 6.45) is 0. The van der Waals surface area contributed by atoms with Crippen molar-refractivity contribution in [3.8, 4) is 0 Å². The van der Waals surface area contributed by atoms with Gasteiger partial charge in [0, 0.05) is 23.7 Å². The van der Waals surface area contributed by atoms with E-state index in [1.807, 2.05) is 37.3 Å². The van der Waals surface area contributed by atoms with E-state index in [1.54, 1.807) is 0 Å². The number of nitrogens with zero attached hydrogens (tertiary/aromatic N) is 1. The van der Waals surface area contributed by atoms with Crippen LogP contribution in [0.15, 0.2) is 30.3 Å². The normalized spacial score (nSPS) is 11.2. The Labute approximate surface area is 143 Å². The Morgan fingerprint density at radius 1 is 1.27 bits per heavy atom. The molecule has 0 aliphatic heterocycles. The van der Waals surface area contributed by atoms with E-state index in [1.165, 1.54) is 0 Å². The van der Waals surface area contributed by atoms with E-state index >= 15 is 0 Å². The summed E-state index contributed by atoms with van der Waals surface area (Å²) in [5, 5.41) is 7.14. The lowest BCUT2D eigenvalue weighted by Crippen LogP contribution is -2.38. The fourth-order valence-corrected chi connectivity index (χ4v) is 2.26. The van der Waals surface area contributed by atoms with Gasteiger partial charge in [0.15, 0.2) is 0 Å². The van der Waals surface area contributed by atoms with E-state index in [0.717, 1.165) is 23.1 Å². The van der Waals surface area contributed by atoms with Crippen LogP contribution in [0.4, 0.5) is 0 Å². The number of likely N-dealkylation sites (N-methyl/N-ethyl adjacent to an activating group) is 1. The number of aromatic nitrogens is 1. The number of rotatable bonds is 5. The van der Waals surface area contributed by atoms with Gasteiger partial charge in [-0.05, 0) is 32.5 Å². The molecule has 22 heavy (non-hydrogen) atoms. The van der Waals surface area contributed by atoms with Crippen molar-refractivity contribution in [3.63, 3.8) is 0 Å². The number of benzene rings is 1. The molecule has 4 nitrogen and oxygen atoms in total. The first-order valence-electron chi connectivity index (χ1n) is 6.99. The lowest BCUT2D eigenvalue weighted by Gasteiger charge is -2.14. The Morgan fingerprint density at radius 2 is 1.95 bits per heavy atom. The molecule has 1 heterocycles. The van der Waals surface area contributed by atoms with Gasteiger partial charge in [-0.1, -0.05) is 25.1 Å². The average molecular weight is 344 g/mol. The van der Waals surface area contributed by atoms with Crippen molar-refractivity contribution in [3.05, 3.63) is 41.6 Å². The van der Waals surface area contributed by atoms with Crippen LogP contribution in [0.1, 0.15) is 29.9 Å². The van der Waals surface area contributed by atoms with Crippen LogP contribution < -0.4 is 10.6 Å². The second-order valence-electron chi connectivity index (χ2n) is 5.00. The Kier molecular flexibility index (Phi) is 9.02. The number of carbonyl (C=O) groups excluding carboxylic acids is 1. The van der Waals surface area contributed by atoms with Crippen molar-refractivity contribution < 1.29 is 4.79 Å². The Hall–Kier alpha value is -1.36. The fourth-order valence-electron chi connectivity index (χ4n) is 2.26. The molecule has 0 aliphatic rings. The highest BCUT2D eigenvalue weighted by Gasteiger charge is 2.12. The van der Waals surface area contributed by atoms with Crippen LogP contribution in [0, 0.1) is 6.92 Å². The van der Waals surface area contributed by atoms with Gasteiger partial charge < -0.3 is 10.6 Å². The molecular weight excluding hydrogens is 321 g/mol. The average Bonchev–Trinajstić information content (AvgIpc) is 2.44. The summed E-state index contributed by atoms with van der Waals surface area (Å²) in [6.45, 7) is 7.53. The number of carbonyl (C=O) groups is 1. The van der Waals surface area contributed by atoms with Crippen LogP contribution in [0.5, 0.6) is 0 Å². The first-order chi connectivity index (χ1) is 9.61. The maximum atomic E-state index is 12.4. The van der Waals surface area contributed by atoms with Crippen LogP contribution in [0.3, 0.4) is 0 Å². The maximum absolute atomic E-state index is 12.4. The van der Waals surface area contributed by atoms with Crippen molar-refractivity contribution in [2.75, 3.05) is 13.1 Å². The molecular formula is C16H23Cl2N3O. The molecule has 0 spiro atoms. The number of aryl methyl sites for hydroxylation is 1. The van der Waals surface area contributed by atoms with E-state index < -0.39 is 0 Å². The molecule has 6 heteroatoms. The van der Waals surface area contributed by atoms with Crippen molar-refractivity contribution in [2.24, 2.45) is 0 Å². The van der Waals surface area contributed by atoms with E-state index in [-0.39, 0.29) is 36.8 Å². The molecule has 0 unspecified atom stereocenters. The predicted molar refractivity (Wildman–Crippen MR) is 96.4 cm³/mol. The summed E-state index contributed by atoms with van der Waals surface area (Å²) in [6, 6.07) is 9.83. The highest BCUT2D eigenvalue weighted by atomic mass is 35.5. The Bertz CT molecular complexity index is 619. The molecule has 1 aromatic carbocycles. The third kappa shape index (κ3) is 5.13. The SMILES string of the molecule is CCN[C@H](C)CNC(=O)c1cc(C)nc2ccccc12.Cl.Cl. The molecule has 0 bridgehead atoms. The third-order valence-corrected chi connectivity index (χ3v) is 3.21. The van der Waals surface area contributed by atoms with E-state index in [2.05, 4.69) is 29.5 Å². The molecule has 0 saturated heterocycles. The molecule has 122 valence electrons. The predicted octanol–water partition coefficient (Wildman–Crippen LogP) is 3.11. The minimum atomic E-state index is -0.0450. The largest absolute Gasteiger partial charge is 0.350 e. The van der Waals surface area contributed by atoms with Crippen LogP contribution in [-0.4, -0.2) is 30.0 Å². The van der Waals surface area contributed by atoms with Gasteiger partial charge in [-0.15, -0.1) is 24.8 Å². The minimum absolute atomic E-state index is 0. The molecule has 0 saturated carbocycles. The molecule has 1 atom stereocenters.